The van der Waals surface area contributed by atoms with Gasteiger partial charge < -0.3 is 9.84 Å². The Kier molecular flexibility index (Phi) is 5.89. The lowest BCUT2D eigenvalue weighted by atomic mass is 10.1. The number of carbonyl (C=O) groups is 2. The van der Waals surface area contributed by atoms with Gasteiger partial charge in [0.2, 0.25) is 5.75 Å². The highest BCUT2D eigenvalue weighted by atomic mass is 127. The Labute approximate surface area is 177 Å². The number of benzene rings is 2. The van der Waals surface area contributed by atoms with Gasteiger partial charge in [-0.25, -0.2) is 0 Å². The molecule has 2 aromatic carbocycles. The number of aromatic hydroxyl groups is 1. The van der Waals surface area contributed by atoms with Crippen molar-refractivity contribution in [3.8, 4) is 11.5 Å². The van der Waals surface area contributed by atoms with E-state index in [0.29, 0.717) is 0 Å². The molecule has 28 heavy (non-hydrogen) atoms. The summed E-state index contributed by atoms with van der Waals surface area (Å²) < 4.78 is 5.99. The SMILES string of the molecule is COc1cc(/C=C2\SC(=O)N(Cc3ccc(I)cc3)C2=O)cc([N+](=O)[O-])c1O. The highest BCUT2D eigenvalue weighted by molar-refractivity contribution is 14.1. The molecular weight excluding hydrogens is 499 g/mol. The largest absolute Gasteiger partial charge is 0.500 e. The van der Waals surface area contributed by atoms with Crippen LogP contribution in [0.4, 0.5) is 10.5 Å². The summed E-state index contributed by atoms with van der Waals surface area (Å²) in [5.74, 6) is -1.18. The van der Waals surface area contributed by atoms with Crippen molar-refractivity contribution in [3.05, 3.63) is 66.1 Å². The van der Waals surface area contributed by atoms with Crippen molar-refractivity contribution in [1.82, 2.24) is 4.90 Å². The van der Waals surface area contributed by atoms with Gasteiger partial charge in [-0.15, -0.1) is 0 Å². The normalized spacial score (nSPS) is 15.4. The van der Waals surface area contributed by atoms with Crippen LogP contribution in [0.1, 0.15) is 11.1 Å². The first-order valence-electron chi connectivity index (χ1n) is 7.85. The Morgan fingerprint density at radius 3 is 2.57 bits per heavy atom. The molecule has 0 aromatic heterocycles. The number of hydrogen-bond donors (Lipinski definition) is 1. The fourth-order valence-electron chi connectivity index (χ4n) is 2.55. The first kappa shape index (κ1) is 20.1. The smallest absolute Gasteiger partial charge is 0.315 e. The number of carbonyl (C=O) groups excluding carboxylic acids is 2. The van der Waals surface area contributed by atoms with Crippen molar-refractivity contribution in [3.63, 3.8) is 0 Å². The monoisotopic (exact) mass is 512 g/mol. The van der Waals surface area contributed by atoms with Crippen LogP contribution in [0.15, 0.2) is 41.3 Å². The molecule has 0 atom stereocenters. The second-order valence-electron chi connectivity index (χ2n) is 5.74. The first-order chi connectivity index (χ1) is 13.3. The van der Waals surface area contributed by atoms with E-state index < -0.39 is 27.5 Å². The van der Waals surface area contributed by atoms with Crippen LogP contribution in [0.25, 0.3) is 6.08 Å². The molecule has 2 amide bonds. The zero-order valence-electron chi connectivity index (χ0n) is 14.4. The van der Waals surface area contributed by atoms with E-state index in [9.17, 15) is 24.8 Å². The fraction of sp³-hybridized carbons (Fsp3) is 0.111. The van der Waals surface area contributed by atoms with Gasteiger partial charge in [0, 0.05) is 9.64 Å². The summed E-state index contributed by atoms with van der Waals surface area (Å²) in [6.45, 7) is 0.137. The van der Waals surface area contributed by atoms with Gasteiger partial charge in [-0.1, -0.05) is 12.1 Å². The van der Waals surface area contributed by atoms with E-state index in [2.05, 4.69) is 22.6 Å². The molecule has 0 spiro atoms. The third-order valence-corrected chi connectivity index (χ3v) is 5.55. The number of halogens is 1. The number of amides is 2. The van der Waals surface area contributed by atoms with E-state index >= 15 is 0 Å². The standard InChI is InChI=1S/C18H13IN2O6S/c1-27-14-7-11(6-13(16(14)22)21(25)26)8-15-17(23)20(18(24)28-15)9-10-2-4-12(19)5-3-10/h2-8,22H,9H2,1H3/b15-8-. The molecule has 1 aliphatic rings. The Bertz CT molecular complexity index is 1010. The van der Waals surface area contributed by atoms with Crippen molar-refractivity contribution in [2.24, 2.45) is 0 Å². The van der Waals surface area contributed by atoms with Crippen molar-refractivity contribution < 1.29 is 24.4 Å². The molecule has 1 N–H and O–H groups in total. The molecule has 0 bridgehead atoms. The Balaban J connectivity index is 1.90. The van der Waals surface area contributed by atoms with Gasteiger partial charge in [0.05, 0.1) is 23.5 Å². The minimum atomic E-state index is -0.752. The number of thioether (sulfide) groups is 1. The Morgan fingerprint density at radius 1 is 1.29 bits per heavy atom. The van der Waals surface area contributed by atoms with Gasteiger partial charge in [-0.2, -0.15) is 0 Å². The molecule has 0 aliphatic carbocycles. The van der Waals surface area contributed by atoms with E-state index in [-0.39, 0.29) is 22.8 Å². The van der Waals surface area contributed by atoms with Crippen LogP contribution in [0.3, 0.4) is 0 Å². The molecule has 0 saturated carbocycles. The highest BCUT2D eigenvalue weighted by Gasteiger charge is 2.35. The molecule has 2 aromatic rings. The number of ether oxygens (including phenoxy) is 1. The number of nitro groups is 1. The zero-order valence-corrected chi connectivity index (χ0v) is 17.4. The summed E-state index contributed by atoms with van der Waals surface area (Å²) in [5.41, 5.74) is 0.524. The lowest BCUT2D eigenvalue weighted by Crippen LogP contribution is -2.27. The predicted molar refractivity (Wildman–Crippen MR) is 112 cm³/mol. The van der Waals surface area contributed by atoms with E-state index in [1.807, 2.05) is 24.3 Å². The molecular formula is C18H13IN2O6S. The van der Waals surface area contributed by atoms with Gasteiger partial charge in [0.15, 0.2) is 5.75 Å². The first-order valence-corrected chi connectivity index (χ1v) is 9.75. The van der Waals surface area contributed by atoms with Gasteiger partial charge in [0.1, 0.15) is 0 Å². The molecule has 1 heterocycles. The van der Waals surface area contributed by atoms with E-state index in [1.165, 1.54) is 19.3 Å². The van der Waals surface area contributed by atoms with E-state index in [1.54, 1.807) is 0 Å². The van der Waals surface area contributed by atoms with Crippen molar-refractivity contribution >= 4 is 57.3 Å². The Hall–Kier alpha value is -2.60. The molecule has 3 rings (SSSR count). The van der Waals surface area contributed by atoms with Crippen LogP contribution < -0.4 is 4.74 Å². The number of imide groups is 1. The summed E-state index contributed by atoms with van der Waals surface area (Å²) in [6, 6.07) is 9.91. The second-order valence-corrected chi connectivity index (χ2v) is 7.98. The Morgan fingerprint density at radius 2 is 1.96 bits per heavy atom. The molecule has 0 radical (unpaired) electrons. The maximum Gasteiger partial charge on any atom is 0.315 e. The molecule has 10 heteroatoms. The average Bonchev–Trinajstić information content (AvgIpc) is 2.91. The fourth-order valence-corrected chi connectivity index (χ4v) is 3.75. The summed E-state index contributed by atoms with van der Waals surface area (Å²) in [4.78, 5) is 36.5. The van der Waals surface area contributed by atoms with Crippen LogP contribution in [0.2, 0.25) is 0 Å². The quantitative estimate of drug-likeness (QED) is 0.278. The lowest BCUT2D eigenvalue weighted by Gasteiger charge is -2.12. The zero-order chi connectivity index (χ0) is 20.4. The lowest BCUT2D eigenvalue weighted by molar-refractivity contribution is -0.386. The number of hydrogen-bond acceptors (Lipinski definition) is 7. The topological polar surface area (TPSA) is 110 Å². The van der Waals surface area contributed by atoms with Crippen molar-refractivity contribution in [2.45, 2.75) is 6.54 Å². The predicted octanol–water partition coefficient (Wildman–Crippen LogP) is 4.15. The maximum atomic E-state index is 12.6. The molecule has 8 nitrogen and oxygen atoms in total. The molecule has 1 fully saturated rings. The van der Waals surface area contributed by atoms with Gasteiger partial charge in [-0.05, 0) is 69.8 Å². The highest BCUT2D eigenvalue weighted by Crippen LogP contribution is 2.39. The second kappa shape index (κ2) is 8.19. The molecule has 1 aliphatic heterocycles. The third-order valence-electron chi connectivity index (χ3n) is 3.92. The van der Waals surface area contributed by atoms with Gasteiger partial charge >= 0.3 is 5.69 Å². The van der Waals surface area contributed by atoms with Crippen LogP contribution in [-0.2, 0) is 11.3 Å². The van der Waals surface area contributed by atoms with Crippen LogP contribution in [0, 0.1) is 13.7 Å². The van der Waals surface area contributed by atoms with Gasteiger partial charge in [-0.3, -0.25) is 24.6 Å². The summed E-state index contributed by atoms with van der Waals surface area (Å²) >= 11 is 2.92. The molecule has 144 valence electrons. The number of rotatable bonds is 5. The van der Waals surface area contributed by atoms with E-state index in [0.717, 1.165) is 31.9 Å². The summed E-state index contributed by atoms with van der Waals surface area (Å²) in [6.07, 6.45) is 1.37. The number of nitrogens with zero attached hydrogens (tertiary/aromatic N) is 2. The maximum absolute atomic E-state index is 12.6. The average molecular weight is 512 g/mol. The number of phenolic OH excluding ortho intramolecular Hbond substituents is 1. The third kappa shape index (κ3) is 4.12. The van der Waals surface area contributed by atoms with Crippen LogP contribution in [0.5, 0.6) is 11.5 Å². The summed E-state index contributed by atoms with van der Waals surface area (Å²) in [5, 5.41) is 20.5. The molecule has 1 saturated heterocycles. The van der Waals surface area contributed by atoms with Crippen LogP contribution >= 0.6 is 34.4 Å². The number of phenols is 1. The van der Waals surface area contributed by atoms with Gasteiger partial charge in [0.25, 0.3) is 11.1 Å². The van der Waals surface area contributed by atoms with Crippen molar-refractivity contribution in [1.29, 1.82) is 0 Å². The summed E-state index contributed by atoms with van der Waals surface area (Å²) in [7, 11) is 1.26. The van der Waals surface area contributed by atoms with E-state index in [4.69, 9.17) is 4.74 Å². The molecule has 0 unspecified atom stereocenters. The number of methoxy groups -OCH3 is 1. The van der Waals surface area contributed by atoms with Crippen LogP contribution in [-0.4, -0.2) is 33.2 Å². The van der Waals surface area contributed by atoms with Crippen molar-refractivity contribution in [2.75, 3.05) is 7.11 Å². The minimum absolute atomic E-state index is 0.0985. The number of nitro benzene ring substituents is 1. The minimum Gasteiger partial charge on any atom is -0.500 e.